The maximum Gasteiger partial charge on any atom is 0.326 e. The van der Waals surface area contributed by atoms with Crippen LogP contribution in [0.5, 0.6) is 0 Å². The van der Waals surface area contributed by atoms with Gasteiger partial charge >= 0.3 is 5.97 Å². The van der Waals surface area contributed by atoms with Gasteiger partial charge in [-0.25, -0.2) is 0 Å². The highest BCUT2D eigenvalue weighted by Crippen LogP contribution is 2.26. The van der Waals surface area contributed by atoms with Crippen LogP contribution in [0.25, 0.3) is 0 Å². The molecular formula is C14H21NO2S. The third kappa shape index (κ3) is 3.56. The Morgan fingerprint density at radius 1 is 1.33 bits per heavy atom. The molecule has 1 aromatic heterocycles. The highest BCUT2D eigenvalue weighted by molar-refractivity contribution is 7.09. The molecule has 4 heteroatoms. The van der Waals surface area contributed by atoms with E-state index >= 15 is 0 Å². The second kappa shape index (κ2) is 6.34. The van der Waals surface area contributed by atoms with Gasteiger partial charge in [-0.3, -0.25) is 4.79 Å². The third-order valence-corrected chi connectivity index (χ3v) is 4.50. The predicted molar refractivity (Wildman–Crippen MR) is 73.6 cm³/mol. The number of carbonyl (C=O) groups is 1. The second-order valence-electron chi connectivity index (χ2n) is 5.04. The normalized spacial score (nSPS) is 19.2. The average Bonchev–Trinajstić information content (AvgIpc) is 2.77. The Hall–Kier alpha value is -0.870. The van der Waals surface area contributed by atoms with Crippen LogP contribution in [0.15, 0.2) is 17.5 Å². The SMILES string of the molecule is NC1(C(=O)OCCc2cccs2)CCCCCC1. The van der Waals surface area contributed by atoms with Gasteiger partial charge in [0, 0.05) is 11.3 Å². The van der Waals surface area contributed by atoms with Gasteiger partial charge in [0.25, 0.3) is 0 Å². The molecule has 0 amide bonds. The molecule has 0 saturated heterocycles. The van der Waals surface area contributed by atoms with Crippen LogP contribution in [0.2, 0.25) is 0 Å². The highest BCUT2D eigenvalue weighted by atomic mass is 32.1. The van der Waals surface area contributed by atoms with Crippen LogP contribution in [0, 0.1) is 0 Å². The second-order valence-corrected chi connectivity index (χ2v) is 6.07. The van der Waals surface area contributed by atoms with E-state index in [2.05, 4.69) is 6.07 Å². The van der Waals surface area contributed by atoms with E-state index in [1.165, 1.54) is 17.7 Å². The van der Waals surface area contributed by atoms with Crippen LogP contribution in [0.3, 0.4) is 0 Å². The molecular weight excluding hydrogens is 246 g/mol. The molecule has 1 aromatic rings. The number of ether oxygens (including phenoxy) is 1. The molecule has 1 aliphatic rings. The minimum absolute atomic E-state index is 0.207. The average molecular weight is 267 g/mol. The Bertz CT molecular complexity index is 367. The third-order valence-electron chi connectivity index (χ3n) is 3.56. The maximum atomic E-state index is 12.1. The minimum atomic E-state index is -0.730. The van der Waals surface area contributed by atoms with Crippen molar-refractivity contribution in [2.75, 3.05) is 6.61 Å². The van der Waals surface area contributed by atoms with Crippen molar-refractivity contribution in [3.63, 3.8) is 0 Å². The highest BCUT2D eigenvalue weighted by Gasteiger charge is 2.35. The molecule has 18 heavy (non-hydrogen) atoms. The molecule has 0 atom stereocenters. The number of hydrogen-bond acceptors (Lipinski definition) is 4. The molecule has 3 nitrogen and oxygen atoms in total. The molecule has 0 unspecified atom stereocenters. The zero-order chi connectivity index (χ0) is 12.8. The maximum absolute atomic E-state index is 12.1. The first kappa shape index (κ1) is 13.6. The summed E-state index contributed by atoms with van der Waals surface area (Å²) in [6.45, 7) is 0.443. The van der Waals surface area contributed by atoms with Crippen molar-refractivity contribution in [3.8, 4) is 0 Å². The molecule has 2 N–H and O–H groups in total. The summed E-state index contributed by atoms with van der Waals surface area (Å²) in [4.78, 5) is 13.3. The Balaban J connectivity index is 1.79. The first-order valence-electron chi connectivity index (χ1n) is 6.69. The first-order chi connectivity index (χ1) is 8.71. The van der Waals surface area contributed by atoms with E-state index < -0.39 is 5.54 Å². The topological polar surface area (TPSA) is 52.3 Å². The molecule has 0 bridgehead atoms. The molecule has 0 spiro atoms. The Morgan fingerprint density at radius 3 is 2.67 bits per heavy atom. The quantitative estimate of drug-likeness (QED) is 0.674. The van der Waals surface area contributed by atoms with Gasteiger partial charge in [-0.2, -0.15) is 0 Å². The smallest absolute Gasteiger partial charge is 0.326 e. The predicted octanol–water partition coefficient (Wildman–Crippen LogP) is 2.89. The van der Waals surface area contributed by atoms with Crippen LogP contribution < -0.4 is 5.73 Å². The lowest BCUT2D eigenvalue weighted by Crippen LogP contribution is -2.48. The van der Waals surface area contributed by atoms with Crippen LogP contribution in [-0.4, -0.2) is 18.1 Å². The lowest BCUT2D eigenvalue weighted by atomic mass is 9.92. The van der Waals surface area contributed by atoms with Gasteiger partial charge in [0.15, 0.2) is 0 Å². The van der Waals surface area contributed by atoms with Crippen molar-refractivity contribution >= 4 is 17.3 Å². The van der Waals surface area contributed by atoms with Crippen molar-refractivity contribution in [1.82, 2.24) is 0 Å². The number of nitrogens with two attached hydrogens (primary N) is 1. The van der Waals surface area contributed by atoms with E-state index in [4.69, 9.17) is 10.5 Å². The van der Waals surface area contributed by atoms with Crippen LogP contribution >= 0.6 is 11.3 Å². The van der Waals surface area contributed by atoms with Crippen molar-refractivity contribution in [2.24, 2.45) is 5.73 Å². The van der Waals surface area contributed by atoms with Crippen molar-refractivity contribution in [2.45, 2.75) is 50.5 Å². The number of carbonyl (C=O) groups excluding carboxylic acids is 1. The van der Waals surface area contributed by atoms with E-state index in [1.807, 2.05) is 11.4 Å². The fraction of sp³-hybridized carbons (Fsp3) is 0.643. The van der Waals surface area contributed by atoms with Gasteiger partial charge in [-0.15, -0.1) is 11.3 Å². The Morgan fingerprint density at radius 2 is 2.06 bits per heavy atom. The lowest BCUT2D eigenvalue weighted by Gasteiger charge is -2.25. The van der Waals surface area contributed by atoms with Crippen LogP contribution in [0.1, 0.15) is 43.4 Å². The largest absolute Gasteiger partial charge is 0.464 e. The van der Waals surface area contributed by atoms with E-state index in [9.17, 15) is 4.79 Å². The van der Waals surface area contributed by atoms with E-state index in [-0.39, 0.29) is 5.97 Å². The lowest BCUT2D eigenvalue weighted by molar-refractivity contribution is -0.150. The summed E-state index contributed by atoms with van der Waals surface area (Å²) in [7, 11) is 0. The van der Waals surface area contributed by atoms with E-state index in [0.717, 1.165) is 32.1 Å². The van der Waals surface area contributed by atoms with Crippen molar-refractivity contribution in [1.29, 1.82) is 0 Å². The van der Waals surface area contributed by atoms with Gasteiger partial charge < -0.3 is 10.5 Å². The van der Waals surface area contributed by atoms with Crippen LogP contribution in [-0.2, 0) is 16.0 Å². The van der Waals surface area contributed by atoms with Gasteiger partial charge in [0.1, 0.15) is 5.54 Å². The molecule has 1 aliphatic carbocycles. The number of hydrogen-bond donors (Lipinski definition) is 1. The van der Waals surface area contributed by atoms with E-state index in [0.29, 0.717) is 6.61 Å². The summed E-state index contributed by atoms with van der Waals surface area (Å²) in [5.41, 5.74) is 5.46. The van der Waals surface area contributed by atoms with Gasteiger partial charge in [0.2, 0.25) is 0 Å². The Labute approximate surface area is 112 Å². The summed E-state index contributed by atoms with van der Waals surface area (Å²) >= 11 is 1.69. The molecule has 1 saturated carbocycles. The fourth-order valence-electron chi connectivity index (χ4n) is 2.41. The standard InChI is InChI=1S/C14H21NO2S/c15-14(8-3-1-2-4-9-14)13(16)17-10-7-12-6-5-11-18-12/h5-6,11H,1-4,7-10,15H2. The van der Waals surface area contributed by atoms with Gasteiger partial charge in [-0.05, 0) is 24.3 Å². The van der Waals surface area contributed by atoms with E-state index in [1.54, 1.807) is 11.3 Å². The summed E-state index contributed by atoms with van der Waals surface area (Å²) in [6.07, 6.45) is 6.77. The molecule has 0 radical (unpaired) electrons. The number of rotatable bonds is 4. The zero-order valence-corrected chi connectivity index (χ0v) is 11.5. The summed E-state index contributed by atoms with van der Waals surface area (Å²) < 4.78 is 5.36. The molecule has 0 aliphatic heterocycles. The molecule has 100 valence electrons. The molecule has 2 rings (SSSR count). The monoisotopic (exact) mass is 267 g/mol. The number of esters is 1. The fourth-order valence-corrected chi connectivity index (χ4v) is 3.10. The Kier molecular flexibility index (Phi) is 4.78. The van der Waals surface area contributed by atoms with Crippen molar-refractivity contribution in [3.05, 3.63) is 22.4 Å². The first-order valence-corrected chi connectivity index (χ1v) is 7.57. The van der Waals surface area contributed by atoms with Gasteiger partial charge in [0.05, 0.1) is 6.61 Å². The zero-order valence-electron chi connectivity index (χ0n) is 10.7. The van der Waals surface area contributed by atoms with Crippen LogP contribution in [0.4, 0.5) is 0 Å². The van der Waals surface area contributed by atoms with Gasteiger partial charge in [-0.1, -0.05) is 31.7 Å². The summed E-state index contributed by atoms with van der Waals surface area (Å²) in [5, 5.41) is 2.03. The molecule has 0 aromatic carbocycles. The van der Waals surface area contributed by atoms with Crippen molar-refractivity contribution < 1.29 is 9.53 Å². The molecule has 1 fully saturated rings. The molecule has 1 heterocycles. The number of thiophene rings is 1. The summed E-state index contributed by atoms with van der Waals surface area (Å²) in [5.74, 6) is -0.207. The summed E-state index contributed by atoms with van der Waals surface area (Å²) in [6, 6.07) is 4.07. The minimum Gasteiger partial charge on any atom is -0.464 e.